The second-order valence-corrected chi connectivity index (χ2v) is 5.92. The highest BCUT2D eigenvalue weighted by molar-refractivity contribution is 7.16. The van der Waals surface area contributed by atoms with Crippen molar-refractivity contribution in [2.45, 2.75) is 45.3 Å². The molecule has 0 amide bonds. The normalized spacial score (nSPS) is 14.1. The summed E-state index contributed by atoms with van der Waals surface area (Å²) in [6.45, 7) is 6.74. The van der Waals surface area contributed by atoms with Gasteiger partial charge in [-0.2, -0.15) is 0 Å². The largest absolute Gasteiger partial charge is 0.389 e. The highest BCUT2D eigenvalue weighted by Gasteiger charge is 2.22. The van der Waals surface area contributed by atoms with Crippen molar-refractivity contribution in [2.24, 2.45) is 0 Å². The summed E-state index contributed by atoms with van der Waals surface area (Å²) >= 11 is 7.47. The summed E-state index contributed by atoms with van der Waals surface area (Å²) in [5.41, 5.74) is -0.588. The zero-order chi connectivity index (χ0) is 12.2. The topological polar surface area (TPSA) is 32.3 Å². The van der Waals surface area contributed by atoms with Gasteiger partial charge in [0.15, 0.2) is 0 Å². The lowest BCUT2D eigenvalue weighted by molar-refractivity contribution is 0.0304. The lowest BCUT2D eigenvalue weighted by Crippen LogP contribution is -2.40. The zero-order valence-electron chi connectivity index (χ0n) is 10.1. The Kier molecular flexibility index (Phi) is 5.25. The summed E-state index contributed by atoms with van der Waals surface area (Å²) in [4.78, 5) is 1.21. The predicted octanol–water partition coefficient (Wildman–Crippen LogP) is 3.60. The molecule has 0 saturated heterocycles. The van der Waals surface area contributed by atoms with E-state index in [2.05, 4.69) is 12.2 Å². The van der Waals surface area contributed by atoms with Crippen LogP contribution in [0.5, 0.6) is 0 Å². The molecular formula is C12H20ClNOS. The minimum Gasteiger partial charge on any atom is -0.389 e. The molecule has 1 aromatic rings. The average molecular weight is 262 g/mol. The Labute approximate surface area is 107 Å². The van der Waals surface area contributed by atoms with Gasteiger partial charge in [-0.1, -0.05) is 25.4 Å². The van der Waals surface area contributed by atoms with Crippen LogP contribution in [-0.4, -0.2) is 17.3 Å². The highest BCUT2D eigenvalue weighted by Crippen LogP contribution is 2.27. The van der Waals surface area contributed by atoms with E-state index in [0.29, 0.717) is 6.54 Å². The first kappa shape index (κ1) is 14.0. The van der Waals surface area contributed by atoms with E-state index in [9.17, 15) is 5.11 Å². The Morgan fingerprint density at radius 3 is 2.50 bits per heavy atom. The molecule has 1 aromatic heterocycles. The fourth-order valence-corrected chi connectivity index (χ4v) is 2.59. The van der Waals surface area contributed by atoms with Crippen molar-refractivity contribution in [2.75, 3.05) is 6.54 Å². The molecule has 0 radical (unpaired) electrons. The number of nitrogens with one attached hydrogen (secondary N) is 1. The van der Waals surface area contributed by atoms with E-state index < -0.39 is 5.60 Å². The first-order valence-electron chi connectivity index (χ1n) is 5.71. The highest BCUT2D eigenvalue weighted by atomic mass is 35.5. The minimum atomic E-state index is -0.588. The number of halogens is 1. The van der Waals surface area contributed by atoms with E-state index in [1.807, 2.05) is 26.0 Å². The Hall–Kier alpha value is -0.0900. The number of aliphatic hydroxyl groups is 1. The second-order valence-electron chi connectivity index (χ2n) is 4.18. The van der Waals surface area contributed by atoms with Gasteiger partial charge in [0, 0.05) is 17.5 Å². The Morgan fingerprint density at radius 1 is 1.44 bits per heavy atom. The lowest BCUT2D eigenvalue weighted by Gasteiger charge is -2.27. The quantitative estimate of drug-likeness (QED) is 0.820. The smallest absolute Gasteiger partial charge is 0.0931 e. The molecule has 0 aliphatic rings. The molecule has 0 saturated carbocycles. The van der Waals surface area contributed by atoms with Gasteiger partial charge in [-0.05, 0) is 31.9 Å². The summed E-state index contributed by atoms with van der Waals surface area (Å²) in [7, 11) is 0. The van der Waals surface area contributed by atoms with E-state index in [0.717, 1.165) is 17.2 Å². The van der Waals surface area contributed by atoms with Crippen LogP contribution in [0, 0.1) is 0 Å². The van der Waals surface area contributed by atoms with Gasteiger partial charge in [-0.25, -0.2) is 0 Å². The third kappa shape index (κ3) is 3.74. The van der Waals surface area contributed by atoms with Crippen LogP contribution in [0.2, 0.25) is 4.34 Å². The van der Waals surface area contributed by atoms with Crippen molar-refractivity contribution < 1.29 is 5.11 Å². The lowest BCUT2D eigenvalue weighted by atomic mass is 9.97. The molecule has 0 aliphatic heterocycles. The van der Waals surface area contributed by atoms with Crippen LogP contribution in [0.4, 0.5) is 0 Å². The van der Waals surface area contributed by atoms with E-state index in [-0.39, 0.29) is 6.04 Å². The molecule has 1 rings (SSSR count). The van der Waals surface area contributed by atoms with Gasteiger partial charge < -0.3 is 10.4 Å². The summed E-state index contributed by atoms with van der Waals surface area (Å²) in [6, 6.07) is 4.18. The van der Waals surface area contributed by atoms with Gasteiger partial charge in [0.25, 0.3) is 0 Å². The van der Waals surface area contributed by atoms with Gasteiger partial charge in [-0.15, -0.1) is 11.3 Å². The average Bonchev–Trinajstić information content (AvgIpc) is 2.72. The molecule has 0 spiro atoms. The summed E-state index contributed by atoms with van der Waals surface area (Å²) in [5, 5.41) is 13.5. The molecule has 1 unspecified atom stereocenters. The number of rotatable bonds is 6. The first-order valence-corrected chi connectivity index (χ1v) is 6.91. The molecule has 0 aromatic carbocycles. The van der Waals surface area contributed by atoms with Gasteiger partial charge in [0.1, 0.15) is 0 Å². The van der Waals surface area contributed by atoms with Crippen LogP contribution in [-0.2, 0) is 0 Å². The van der Waals surface area contributed by atoms with Gasteiger partial charge in [0.05, 0.1) is 9.94 Å². The molecular weight excluding hydrogens is 242 g/mol. The summed E-state index contributed by atoms with van der Waals surface area (Å²) < 4.78 is 0.810. The number of thiophene rings is 1. The third-order valence-corrected chi connectivity index (χ3v) is 4.49. The fraction of sp³-hybridized carbons (Fsp3) is 0.667. The van der Waals surface area contributed by atoms with E-state index in [1.54, 1.807) is 11.3 Å². The monoisotopic (exact) mass is 261 g/mol. The molecule has 0 bridgehead atoms. The Balaban J connectivity index is 2.49. The second kappa shape index (κ2) is 6.01. The predicted molar refractivity (Wildman–Crippen MR) is 71.3 cm³/mol. The molecule has 2 nitrogen and oxygen atoms in total. The number of hydrogen-bond acceptors (Lipinski definition) is 3. The van der Waals surface area contributed by atoms with Crippen LogP contribution in [0.25, 0.3) is 0 Å². The first-order chi connectivity index (χ1) is 7.50. The number of hydrogen-bond donors (Lipinski definition) is 2. The molecule has 2 N–H and O–H groups in total. The van der Waals surface area contributed by atoms with Gasteiger partial charge in [-0.3, -0.25) is 0 Å². The van der Waals surface area contributed by atoms with Crippen molar-refractivity contribution in [3.63, 3.8) is 0 Å². The molecule has 4 heteroatoms. The Morgan fingerprint density at radius 2 is 2.06 bits per heavy atom. The maximum Gasteiger partial charge on any atom is 0.0931 e. The standard InChI is InChI=1S/C12H20ClNOS/c1-4-12(15,5-2)8-14-9(3)10-6-7-11(13)16-10/h6-7,9,14-15H,4-5,8H2,1-3H3. The van der Waals surface area contributed by atoms with Crippen LogP contribution >= 0.6 is 22.9 Å². The SMILES string of the molecule is CCC(O)(CC)CNC(C)c1ccc(Cl)s1. The minimum absolute atomic E-state index is 0.238. The van der Waals surface area contributed by atoms with Crippen LogP contribution in [0.1, 0.15) is 44.5 Å². The maximum atomic E-state index is 10.1. The molecule has 1 heterocycles. The molecule has 1 atom stereocenters. The Bertz CT molecular complexity index is 323. The van der Waals surface area contributed by atoms with E-state index in [1.165, 1.54) is 4.88 Å². The van der Waals surface area contributed by atoms with Gasteiger partial charge in [0.2, 0.25) is 0 Å². The van der Waals surface area contributed by atoms with Gasteiger partial charge >= 0.3 is 0 Å². The summed E-state index contributed by atoms with van der Waals surface area (Å²) in [5.74, 6) is 0. The van der Waals surface area contributed by atoms with Crippen LogP contribution in [0.15, 0.2) is 12.1 Å². The molecule has 0 aliphatic carbocycles. The van der Waals surface area contributed by atoms with Crippen molar-refractivity contribution >= 4 is 22.9 Å². The van der Waals surface area contributed by atoms with Crippen LogP contribution < -0.4 is 5.32 Å². The van der Waals surface area contributed by atoms with Crippen LogP contribution in [0.3, 0.4) is 0 Å². The zero-order valence-corrected chi connectivity index (χ0v) is 11.7. The van der Waals surface area contributed by atoms with E-state index in [4.69, 9.17) is 11.6 Å². The van der Waals surface area contributed by atoms with Crippen molar-refractivity contribution in [3.8, 4) is 0 Å². The molecule has 92 valence electrons. The van der Waals surface area contributed by atoms with Crippen molar-refractivity contribution in [1.29, 1.82) is 0 Å². The summed E-state index contributed by atoms with van der Waals surface area (Å²) in [6.07, 6.45) is 1.54. The van der Waals surface area contributed by atoms with E-state index >= 15 is 0 Å². The van der Waals surface area contributed by atoms with Crippen molar-refractivity contribution in [3.05, 3.63) is 21.3 Å². The molecule has 0 fully saturated rings. The fourth-order valence-electron chi connectivity index (χ4n) is 1.50. The van der Waals surface area contributed by atoms with Crippen molar-refractivity contribution in [1.82, 2.24) is 5.32 Å². The third-order valence-electron chi connectivity index (χ3n) is 3.07. The maximum absolute atomic E-state index is 10.1. The molecule has 16 heavy (non-hydrogen) atoms.